The number of carbonyl (C=O) groups excluding carboxylic acids is 1. The molecule has 0 radical (unpaired) electrons. The summed E-state index contributed by atoms with van der Waals surface area (Å²) in [6.07, 6.45) is 8.20. The first-order valence-corrected chi connectivity index (χ1v) is 8.34. The van der Waals surface area contributed by atoms with Crippen LogP contribution in [0.2, 0.25) is 0 Å². The number of hydrogen-bond acceptors (Lipinski definition) is 3. The standard InChI is InChI=1S/C19H20N4O/c24-19(13-23-8-1-2-9-23)22-16-5-6-18-17(11-16)14(12-21-18)10-15-4-3-7-20-15/h3-7,10-12,20H,1-2,8-9,13H2,(H,22,24). The Bertz CT molecular complexity index is 799. The summed E-state index contributed by atoms with van der Waals surface area (Å²) in [6.45, 7) is 2.52. The van der Waals surface area contributed by atoms with Crippen molar-refractivity contribution < 1.29 is 4.79 Å². The third-order valence-electron chi connectivity index (χ3n) is 4.43. The second-order valence-corrected chi connectivity index (χ2v) is 6.25. The number of benzene rings is 1. The van der Waals surface area contributed by atoms with E-state index >= 15 is 0 Å². The Morgan fingerprint density at radius 2 is 2.17 bits per heavy atom. The Hall–Kier alpha value is -2.66. The van der Waals surface area contributed by atoms with E-state index in [4.69, 9.17) is 0 Å². The van der Waals surface area contributed by atoms with Gasteiger partial charge < -0.3 is 10.3 Å². The minimum Gasteiger partial charge on any atom is -0.362 e. The number of amides is 1. The van der Waals surface area contributed by atoms with Gasteiger partial charge in [-0.1, -0.05) is 0 Å². The van der Waals surface area contributed by atoms with Gasteiger partial charge in [-0.3, -0.25) is 14.7 Å². The van der Waals surface area contributed by atoms with Gasteiger partial charge in [-0.2, -0.15) is 0 Å². The fourth-order valence-corrected chi connectivity index (χ4v) is 3.23. The zero-order valence-corrected chi connectivity index (χ0v) is 13.5. The van der Waals surface area contributed by atoms with E-state index in [9.17, 15) is 4.79 Å². The summed E-state index contributed by atoms with van der Waals surface area (Å²) in [5.41, 5.74) is 4.88. The van der Waals surface area contributed by atoms with Crippen LogP contribution in [0, 0.1) is 0 Å². The topological polar surface area (TPSA) is 60.5 Å². The molecule has 0 spiro atoms. The van der Waals surface area contributed by atoms with E-state index in [1.807, 2.05) is 42.7 Å². The van der Waals surface area contributed by atoms with Gasteiger partial charge in [0.05, 0.1) is 12.2 Å². The molecule has 0 atom stereocenters. The molecular weight excluding hydrogens is 300 g/mol. The lowest BCUT2D eigenvalue weighted by atomic mass is 10.1. The molecule has 5 heteroatoms. The van der Waals surface area contributed by atoms with Gasteiger partial charge in [0, 0.05) is 34.9 Å². The lowest BCUT2D eigenvalue weighted by molar-refractivity contribution is -0.117. The number of rotatable bonds is 4. The number of carbonyl (C=O) groups is 1. The van der Waals surface area contributed by atoms with Gasteiger partial charge in [0.1, 0.15) is 0 Å². The Morgan fingerprint density at radius 1 is 1.29 bits per heavy atom. The molecule has 0 saturated carbocycles. The Labute approximate surface area is 141 Å². The molecule has 1 amide bonds. The summed E-state index contributed by atoms with van der Waals surface area (Å²) in [4.78, 5) is 22.0. The molecule has 2 N–H and O–H groups in total. The highest BCUT2D eigenvalue weighted by molar-refractivity contribution is 6.21. The van der Waals surface area contributed by atoms with Gasteiger partial charge in [0.25, 0.3) is 0 Å². The van der Waals surface area contributed by atoms with Gasteiger partial charge >= 0.3 is 0 Å². The summed E-state index contributed by atoms with van der Waals surface area (Å²) < 4.78 is 0. The number of nitrogens with one attached hydrogen (secondary N) is 2. The average molecular weight is 320 g/mol. The quantitative estimate of drug-likeness (QED) is 0.908. The van der Waals surface area contributed by atoms with Crippen LogP contribution in [0.5, 0.6) is 0 Å². The Balaban J connectivity index is 1.50. The lowest BCUT2D eigenvalue weighted by Gasteiger charge is -2.14. The number of anilines is 1. The highest BCUT2D eigenvalue weighted by Crippen LogP contribution is 2.34. The molecule has 2 aliphatic heterocycles. The smallest absolute Gasteiger partial charge is 0.238 e. The van der Waals surface area contributed by atoms with E-state index in [0.29, 0.717) is 6.54 Å². The largest absolute Gasteiger partial charge is 0.362 e. The predicted octanol–water partition coefficient (Wildman–Crippen LogP) is 3.31. The summed E-state index contributed by atoms with van der Waals surface area (Å²) in [7, 11) is 0. The average Bonchev–Trinajstić information content (AvgIpc) is 3.31. The third kappa shape index (κ3) is 3.16. The molecule has 122 valence electrons. The van der Waals surface area contributed by atoms with E-state index in [-0.39, 0.29) is 5.91 Å². The van der Waals surface area contributed by atoms with Gasteiger partial charge in [-0.05, 0) is 62.3 Å². The molecule has 0 bridgehead atoms. The van der Waals surface area contributed by atoms with Crippen LogP contribution >= 0.6 is 0 Å². The summed E-state index contributed by atoms with van der Waals surface area (Å²) in [5, 5.41) is 3.01. The molecule has 4 rings (SSSR count). The van der Waals surface area contributed by atoms with Crippen LogP contribution in [0.25, 0.3) is 11.6 Å². The van der Waals surface area contributed by atoms with Crippen LogP contribution in [-0.4, -0.2) is 41.6 Å². The second kappa shape index (κ2) is 6.45. The zero-order chi connectivity index (χ0) is 16.4. The van der Waals surface area contributed by atoms with E-state index in [1.165, 1.54) is 12.8 Å². The number of likely N-dealkylation sites (tertiary alicyclic amines) is 1. The first-order valence-electron chi connectivity index (χ1n) is 8.34. The van der Waals surface area contributed by atoms with Crippen LogP contribution in [0.3, 0.4) is 0 Å². The maximum atomic E-state index is 12.2. The number of hydrogen-bond donors (Lipinski definition) is 2. The fourth-order valence-electron chi connectivity index (χ4n) is 3.23. The molecular formula is C19H20N4O. The SMILES string of the molecule is O=C(CN1CCCC1)Nc1ccc2c(c1)C(=Cc1ccc[nH]1)C=N2. The van der Waals surface area contributed by atoms with E-state index in [2.05, 4.69) is 26.3 Å². The van der Waals surface area contributed by atoms with Gasteiger partial charge in [-0.15, -0.1) is 0 Å². The lowest BCUT2D eigenvalue weighted by Crippen LogP contribution is -2.30. The highest BCUT2D eigenvalue weighted by atomic mass is 16.2. The minimum atomic E-state index is 0.0469. The van der Waals surface area contributed by atoms with Crippen molar-refractivity contribution in [2.24, 2.45) is 4.99 Å². The van der Waals surface area contributed by atoms with Crippen molar-refractivity contribution in [3.05, 3.63) is 47.8 Å². The fraction of sp³-hybridized carbons (Fsp3) is 0.263. The van der Waals surface area contributed by atoms with Gasteiger partial charge in [-0.25, -0.2) is 0 Å². The van der Waals surface area contributed by atoms with Crippen molar-refractivity contribution in [3.8, 4) is 0 Å². The van der Waals surface area contributed by atoms with Crippen LogP contribution in [0.15, 0.2) is 41.5 Å². The summed E-state index contributed by atoms with van der Waals surface area (Å²) in [6, 6.07) is 9.84. The monoisotopic (exact) mass is 320 g/mol. The molecule has 1 fully saturated rings. The van der Waals surface area contributed by atoms with Gasteiger partial charge in [0.2, 0.25) is 5.91 Å². The number of fused-ring (bicyclic) bond motifs is 1. The molecule has 3 heterocycles. The van der Waals surface area contributed by atoms with E-state index in [0.717, 1.165) is 41.3 Å². The Kier molecular flexibility index (Phi) is 4.01. The number of allylic oxidation sites excluding steroid dienone is 1. The molecule has 1 aromatic carbocycles. The number of H-pyrrole nitrogens is 1. The molecule has 24 heavy (non-hydrogen) atoms. The van der Waals surface area contributed by atoms with E-state index in [1.54, 1.807) is 0 Å². The normalized spacial score (nSPS) is 18.2. The minimum absolute atomic E-state index is 0.0469. The molecule has 1 saturated heterocycles. The van der Waals surface area contributed by atoms with Crippen LogP contribution in [-0.2, 0) is 4.79 Å². The molecule has 0 unspecified atom stereocenters. The molecule has 5 nitrogen and oxygen atoms in total. The molecule has 1 aromatic heterocycles. The van der Waals surface area contributed by atoms with Crippen molar-refractivity contribution in [2.45, 2.75) is 12.8 Å². The first-order chi connectivity index (χ1) is 11.8. The Morgan fingerprint density at radius 3 is 2.96 bits per heavy atom. The first kappa shape index (κ1) is 14.9. The number of aliphatic imine (C=N–C) groups is 1. The summed E-state index contributed by atoms with van der Waals surface area (Å²) in [5.74, 6) is 0.0469. The van der Waals surface area contributed by atoms with Crippen LogP contribution < -0.4 is 5.32 Å². The van der Waals surface area contributed by atoms with Crippen molar-refractivity contribution >= 4 is 35.1 Å². The van der Waals surface area contributed by atoms with Crippen molar-refractivity contribution in [3.63, 3.8) is 0 Å². The third-order valence-corrected chi connectivity index (χ3v) is 4.43. The highest BCUT2D eigenvalue weighted by Gasteiger charge is 2.17. The maximum Gasteiger partial charge on any atom is 0.238 e. The zero-order valence-electron chi connectivity index (χ0n) is 13.5. The molecule has 2 aromatic rings. The van der Waals surface area contributed by atoms with Crippen molar-refractivity contribution in [2.75, 3.05) is 25.0 Å². The van der Waals surface area contributed by atoms with Crippen LogP contribution in [0.1, 0.15) is 24.1 Å². The van der Waals surface area contributed by atoms with Gasteiger partial charge in [0.15, 0.2) is 0 Å². The van der Waals surface area contributed by atoms with Crippen LogP contribution in [0.4, 0.5) is 11.4 Å². The van der Waals surface area contributed by atoms with Crippen molar-refractivity contribution in [1.29, 1.82) is 0 Å². The molecule has 0 aliphatic carbocycles. The van der Waals surface area contributed by atoms with Crippen molar-refractivity contribution in [1.82, 2.24) is 9.88 Å². The number of aromatic nitrogens is 1. The van der Waals surface area contributed by atoms with E-state index < -0.39 is 0 Å². The molecule has 2 aliphatic rings. The predicted molar refractivity (Wildman–Crippen MR) is 97.6 cm³/mol. The number of aromatic amines is 1. The maximum absolute atomic E-state index is 12.2. The second-order valence-electron chi connectivity index (χ2n) is 6.25. The summed E-state index contributed by atoms with van der Waals surface area (Å²) >= 11 is 0. The number of nitrogens with zero attached hydrogens (tertiary/aromatic N) is 2.